The highest BCUT2D eigenvalue weighted by molar-refractivity contribution is 5.52. The first-order valence-corrected chi connectivity index (χ1v) is 7.42. The molecule has 0 spiro atoms. The van der Waals surface area contributed by atoms with Gasteiger partial charge in [-0.25, -0.2) is 0 Å². The number of hydrogen-bond acceptors (Lipinski definition) is 1. The van der Waals surface area contributed by atoms with E-state index in [0.717, 1.165) is 0 Å². The predicted molar refractivity (Wildman–Crippen MR) is 85.3 cm³/mol. The van der Waals surface area contributed by atoms with Crippen LogP contribution in [-0.4, -0.2) is 4.98 Å². The molecule has 1 nitrogen and oxygen atoms in total. The van der Waals surface area contributed by atoms with Gasteiger partial charge in [-0.2, -0.15) is 0 Å². The van der Waals surface area contributed by atoms with Gasteiger partial charge in [0.1, 0.15) is 0 Å². The molecule has 0 saturated heterocycles. The lowest BCUT2D eigenvalue weighted by molar-refractivity contribution is 0.802. The predicted octanol–water partition coefficient (Wildman–Crippen LogP) is 4.56. The summed E-state index contributed by atoms with van der Waals surface area (Å²) in [4.78, 5) is 4.15. The minimum absolute atomic E-state index is 0.129. The number of aromatic nitrogens is 1. The minimum Gasteiger partial charge on any atom is -0.265 e. The lowest BCUT2D eigenvalue weighted by Gasteiger charge is -2.19. The Balaban J connectivity index is 1.83. The van der Waals surface area contributed by atoms with E-state index in [-0.39, 0.29) is 5.41 Å². The van der Waals surface area contributed by atoms with Crippen LogP contribution in [0.25, 0.3) is 0 Å². The Morgan fingerprint density at radius 3 is 1.76 bits per heavy atom. The van der Waals surface area contributed by atoms with Crippen molar-refractivity contribution in [3.05, 3.63) is 102 Å². The highest BCUT2D eigenvalue weighted by atomic mass is 14.6. The number of rotatable bonds is 3. The third kappa shape index (κ3) is 1.97. The maximum Gasteiger partial charge on any atom is 0.0278 e. The van der Waals surface area contributed by atoms with Crippen LogP contribution < -0.4 is 0 Å². The molecule has 1 saturated carbocycles. The summed E-state index contributed by atoms with van der Waals surface area (Å²) in [7, 11) is 0. The van der Waals surface area contributed by atoms with Gasteiger partial charge in [0.25, 0.3) is 0 Å². The summed E-state index contributed by atoms with van der Waals surface area (Å²) in [5.74, 6) is 0.547. The molecule has 1 fully saturated rings. The second-order valence-corrected chi connectivity index (χ2v) is 5.74. The Labute approximate surface area is 125 Å². The van der Waals surface area contributed by atoms with Crippen LogP contribution in [0.5, 0.6) is 0 Å². The summed E-state index contributed by atoms with van der Waals surface area (Å²) >= 11 is 0. The zero-order chi connectivity index (χ0) is 14.1. The maximum atomic E-state index is 4.15. The van der Waals surface area contributed by atoms with E-state index in [1.54, 1.807) is 0 Å². The largest absolute Gasteiger partial charge is 0.265 e. The fraction of sp³-hybridized carbons (Fsp3) is 0.150. The van der Waals surface area contributed by atoms with E-state index in [2.05, 4.69) is 77.8 Å². The molecule has 0 unspecified atom stereocenters. The molecule has 1 aliphatic carbocycles. The van der Waals surface area contributed by atoms with Crippen molar-refractivity contribution in [2.24, 2.45) is 0 Å². The fourth-order valence-electron chi connectivity index (χ4n) is 3.54. The highest BCUT2D eigenvalue weighted by Crippen LogP contribution is 2.64. The standard InChI is InChI=1S/C20H17N/c1-3-7-17(8-4-1)20(18-9-5-2-6-10-18)15-19(20)16-11-13-21-14-12-16/h1-14,19H,15H2/t19-/m1/s1. The van der Waals surface area contributed by atoms with Crippen LogP contribution >= 0.6 is 0 Å². The second-order valence-electron chi connectivity index (χ2n) is 5.74. The van der Waals surface area contributed by atoms with Gasteiger partial charge in [0, 0.05) is 17.8 Å². The lowest BCUT2D eigenvalue weighted by Crippen LogP contribution is -2.11. The monoisotopic (exact) mass is 271 g/mol. The van der Waals surface area contributed by atoms with Crippen molar-refractivity contribution in [1.29, 1.82) is 0 Å². The van der Waals surface area contributed by atoms with Gasteiger partial charge in [0.2, 0.25) is 0 Å². The van der Waals surface area contributed by atoms with Crippen LogP contribution in [0.1, 0.15) is 29.0 Å². The molecule has 2 aromatic carbocycles. The summed E-state index contributed by atoms with van der Waals surface area (Å²) in [6, 6.07) is 26.1. The van der Waals surface area contributed by atoms with Gasteiger partial charge in [0.15, 0.2) is 0 Å². The van der Waals surface area contributed by atoms with Crippen molar-refractivity contribution in [3.63, 3.8) is 0 Å². The van der Waals surface area contributed by atoms with E-state index in [4.69, 9.17) is 0 Å². The van der Waals surface area contributed by atoms with Crippen LogP contribution in [0, 0.1) is 0 Å². The van der Waals surface area contributed by atoms with Crippen molar-refractivity contribution < 1.29 is 0 Å². The molecule has 1 atom stereocenters. The number of hydrogen-bond donors (Lipinski definition) is 0. The molecule has 0 radical (unpaired) electrons. The molecule has 4 rings (SSSR count). The third-order valence-electron chi connectivity index (χ3n) is 4.65. The Kier molecular flexibility index (Phi) is 2.85. The van der Waals surface area contributed by atoms with E-state index in [0.29, 0.717) is 5.92 Å². The summed E-state index contributed by atoms with van der Waals surface area (Å²) in [5, 5.41) is 0. The molecule has 102 valence electrons. The lowest BCUT2D eigenvalue weighted by atomic mass is 9.84. The summed E-state index contributed by atoms with van der Waals surface area (Å²) in [6.45, 7) is 0. The molecule has 1 aromatic heterocycles. The smallest absolute Gasteiger partial charge is 0.0278 e. The first kappa shape index (κ1) is 12.3. The Hall–Kier alpha value is -2.41. The Morgan fingerprint density at radius 1 is 0.714 bits per heavy atom. The van der Waals surface area contributed by atoms with Gasteiger partial charge in [-0.3, -0.25) is 4.98 Å². The second kappa shape index (κ2) is 4.85. The topological polar surface area (TPSA) is 12.9 Å². The molecule has 1 heterocycles. The molecule has 1 aliphatic rings. The normalized spacial score (nSPS) is 19.1. The molecule has 0 bridgehead atoms. The zero-order valence-electron chi connectivity index (χ0n) is 11.8. The quantitative estimate of drug-likeness (QED) is 0.680. The first-order chi connectivity index (χ1) is 10.4. The van der Waals surface area contributed by atoms with Crippen molar-refractivity contribution in [2.75, 3.05) is 0 Å². The van der Waals surface area contributed by atoms with Crippen molar-refractivity contribution in [1.82, 2.24) is 4.98 Å². The summed E-state index contributed by atoms with van der Waals surface area (Å²) < 4.78 is 0. The summed E-state index contributed by atoms with van der Waals surface area (Å²) in [6.07, 6.45) is 4.97. The van der Waals surface area contributed by atoms with Crippen LogP contribution in [-0.2, 0) is 5.41 Å². The highest BCUT2D eigenvalue weighted by Gasteiger charge is 2.56. The zero-order valence-corrected chi connectivity index (χ0v) is 11.8. The van der Waals surface area contributed by atoms with Crippen LogP contribution in [0.4, 0.5) is 0 Å². The molecule has 0 aliphatic heterocycles. The van der Waals surface area contributed by atoms with Gasteiger partial charge < -0.3 is 0 Å². The molecule has 1 heteroatoms. The Morgan fingerprint density at radius 2 is 1.24 bits per heavy atom. The molecule has 3 aromatic rings. The number of nitrogens with zero attached hydrogens (tertiary/aromatic N) is 1. The molecule has 21 heavy (non-hydrogen) atoms. The molecular weight excluding hydrogens is 254 g/mol. The molecule has 0 amide bonds. The summed E-state index contributed by atoms with van der Waals surface area (Å²) in [5.41, 5.74) is 4.35. The Bertz CT molecular complexity index is 680. The maximum absolute atomic E-state index is 4.15. The first-order valence-electron chi connectivity index (χ1n) is 7.42. The van der Waals surface area contributed by atoms with E-state index in [1.165, 1.54) is 23.1 Å². The van der Waals surface area contributed by atoms with E-state index >= 15 is 0 Å². The van der Waals surface area contributed by atoms with Crippen LogP contribution in [0.3, 0.4) is 0 Å². The van der Waals surface area contributed by atoms with Crippen LogP contribution in [0.15, 0.2) is 85.2 Å². The molecular formula is C20H17N. The van der Waals surface area contributed by atoms with Crippen molar-refractivity contribution >= 4 is 0 Å². The number of pyridine rings is 1. The fourth-order valence-corrected chi connectivity index (χ4v) is 3.54. The van der Waals surface area contributed by atoms with E-state index in [9.17, 15) is 0 Å². The number of benzene rings is 2. The van der Waals surface area contributed by atoms with E-state index in [1.807, 2.05) is 12.4 Å². The van der Waals surface area contributed by atoms with Gasteiger partial charge in [0.05, 0.1) is 0 Å². The van der Waals surface area contributed by atoms with Gasteiger partial charge in [-0.15, -0.1) is 0 Å². The van der Waals surface area contributed by atoms with Crippen LogP contribution in [0.2, 0.25) is 0 Å². The average molecular weight is 271 g/mol. The van der Waals surface area contributed by atoms with Gasteiger partial charge in [-0.1, -0.05) is 60.7 Å². The van der Waals surface area contributed by atoms with Crippen molar-refractivity contribution in [2.45, 2.75) is 17.8 Å². The molecule has 0 N–H and O–H groups in total. The average Bonchev–Trinajstić information content (AvgIpc) is 3.34. The van der Waals surface area contributed by atoms with Gasteiger partial charge in [-0.05, 0) is 41.2 Å². The minimum atomic E-state index is 0.129. The SMILES string of the molecule is c1ccc(C2(c3ccccc3)C[C@@H]2c2ccncc2)cc1. The van der Waals surface area contributed by atoms with E-state index < -0.39 is 0 Å². The van der Waals surface area contributed by atoms with Gasteiger partial charge >= 0.3 is 0 Å². The van der Waals surface area contributed by atoms with Crippen molar-refractivity contribution in [3.8, 4) is 0 Å². The third-order valence-corrected chi connectivity index (χ3v) is 4.65.